The van der Waals surface area contributed by atoms with Crippen molar-refractivity contribution < 1.29 is 18.7 Å². The molecule has 1 aromatic heterocycles. The Bertz CT molecular complexity index is 986. The van der Waals surface area contributed by atoms with E-state index in [0.717, 1.165) is 0 Å². The standard InChI is InChI=1S/C19H17ClFN5O3/c1-11(29-15-8-2-12(20)3-9-15)17(27)28-10-16-24-18(22)26-19(25-16)23-14-6-4-13(21)5-7-14/h2-9,11H,10H2,1H3,(H3,22,23,24,25,26)/t11-/m0/s1. The second-order valence-corrected chi connectivity index (χ2v) is 6.32. The van der Waals surface area contributed by atoms with Gasteiger partial charge in [0, 0.05) is 10.7 Å². The molecule has 0 aliphatic heterocycles. The van der Waals surface area contributed by atoms with E-state index in [0.29, 0.717) is 16.5 Å². The van der Waals surface area contributed by atoms with E-state index in [1.807, 2.05) is 0 Å². The first-order valence-electron chi connectivity index (χ1n) is 8.51. The van der Waals surface area contributed by atoms with Crippen molar-refractivity contribution in [2.24, 2.45) is 0 Å². The fourth-order valence-corrected chi connectivity index (χ4v) is 2.37. The lowest BCUT2D eigenvalue weighted by Crippen LogP contribution is -2.26. The number of nitrogens with two attached hydrogens (primary N) is 1. The predicted molar refractivity (Wildman–Crippen MR) is 105 cm³/mol. The number of carbonyl (C=O) groups is 1. The summed E-state index contributed by atoms with van der Waals surface area (Å²) in [6, 6.07) is 12.2. The van der Waals surface area contributed by atoms with Crippen LogP contribution in [0, 0.1) is 5.82 Å². The molecule has 0 unspecified atom stereocenters. The third-order valence-electron chi connectivity index (χ3n) is 3.60. The summed E-state index contributed by atoms with van der Waals surface area (Å²) < 4.78 is 23.7. The normalized spacial score (nSPS) is 11.6. The van der Waals surface area contributed by atoms with E-state index in [1.165, 1.54) is 24.3 Å². The van der Waals surface area contributed by atoms with Crippen LogP contribution in [0.2, 0.25) is 5.02 Å². The lowest BCUT2D eigenvalue weighted by molar-refractivity contribution is -0.152. The Morgan fingerprint density at radius 3 is 2.52 bits per heavy atom. The summed E-state index contributed by atoms with van der Waals surface area (Å²) in [5.41, 5.74) is 6.24. The molecule has 0 amide bonds. The summed E-state index contributed by atoms with van der Waals surface area (Å²) in [6.45, 7) is 1.33. The van der Waals surface area contributed by atoms with Gasteiger partial charge >= 0.3 is 5.97 Å². The Kier molecular flexibility index (Phi) is 6.40. The third-order valence-corrected chi connectivity index (χ3v) is 3.85. The van der Waals surface area contributed by atoms with Gasteiger partial charge in [-0.05, 0) is 55.5 Å². The lowest BCUT2D eigenvalue weighted by atomic mass is 10.3. The first kappa shape index (κ1) is 20.3. The number of benzene rings is 2. The van der Waals surface area contributed by atoms with Crippen LogP contribution in [0.1, 0.15) is 12.7 Å². The molecular weight excluding hydrogens is 401 g/mol. The zero-order valence-electron chi connectivity index (χ0n) is 15.3. The number of carbonyl (C=O) groups excluding carboxylic acids is 1. The molecular formula is C19H17ClFN5O3. The van der Waals surface area contributed by atoms with E-state index in [4.69, 9.17) is 26.8 Å². The van der Waals surface area contributed by atoms with E-state index in [2.05, 4.69) is 20.3 Å². The number of nitrogens with one attached hydrogen (secondary N) is 1. The van der Waals surface area contributed by atoms with Crippen LogP contribution in [0.25, 0.3) is 0 Å². The molecule has 10 heteroatoms. The molecule has 8 nitrogen and oxygen atoms in total. The van der Waals surface area contributed by atoms with Crippen LogP contribution in [0.3, 0.4) is 0 Å². The van der Waals surface area contributed by atoms with Gasteiger partial charge in [0.15, 0.2) is 18.5 Å². The molecule has 0 spiro atoms. The molecule has 1 atom stereocenters. The van der Waals surface area contributed by atoms with E-state index in [1.54, 1.807) is 31.2 Å². The summed E-state index contributed by atoms with van der Waals surface area (Å²) in [6.07, 6.45) is -0.854. The minimum Gasteiger partial charge on any atom is -0.479 e. The molecule has 1 heterocycles. The van der Waals surface area contributed by atoms with Crippen LogP contribution in [0.4, 0.5) is 22.0 Å². The van der Waals surface area contributed by atoms with Gasteiger partial charge in [-0.2, -0.15) is 15.0 Å². The Morgan fingerprint density at radius 2 is 1.83 bits per heavy atom. The van der Waals surface area contributed by atoms with Gasteiger partial charge in [-0.1, -0.05) is 11.6 Å². The van der Waals surface area contributed by atoms with Crippen molar-refractivity contribution >= 4 is 35.2 Å². The maximum absolute atomic E-state index is 13.0. The zero-order chi connectivity index (χ0) is 20.8. The number of hydrogen-bond acceptors (Lipinski definition) is 8. The Balaban J connectivity index is 1.59. The number of halogens is 2. The van der Waals surface area contributed by atoms with Gasteiger partial charge in [-0.25, -0.2) is 9.18 Å². The molecule has 3 N–H and O–H groups in total. The van der Waals surface area contributed by atoms with Gasteiger partial charge in [0.05, 0.1) is 0 Å². The van der Waals surface area contributed by atoms with Gasteiger partial charge in [0.2, 0.25) is 11.9 Å². The topological polar surface area (TPSA) is 112 Å². The molecule has 0 saturated heterocycles. The molecule has 0 aliphatic carbocycles. The fraction of sp³-hybridized carbons (Fsp3) is 0.158. The first-order valence-corrected chi connectivity index (χ1v) is 8.89. The first-order chi connectivity index (χ1) is 13.9. The van der Waals surface area contributed by atoms with E-state index >= 15 is 0 Å². The largest absolute Gasteiger partial charge is 0.479 e. The van der Waals surface area contributed by atoms with Crippen molar-refractivity contribution in [2.75, 3.05) is 11.1 Å². The van der Waals surface area contributed by atoms with Crippen molar-refractivity contribution in [1.82, 2.24) is 15.0 Å². The SMILES string of the molecule is C[C@H](Oc1ccc(Cl)cc1)C(=O)OCc1nc(N)nc(Nc2ccc(F)cc2)n1. The highest BCUT2D eigenvalue weighted by Crippen LogP contribution is 2.18. The summed E-state index contributed by atoms with van der Waals surface area (Å²) in [5, 5.41) is 3.44. The second kappa shape index (κ2) is 9.16. The Morgan fingerprint density at radius 1 is 1.14 bits per heavy atom. The van der Waals surface area contributed by atoms with Gasteiger partial charge < -0.3 is 20.5 Å². The quantitative estimate of drug-likeness (QED) is 0.562. The van der Waals surface area contributed by atoms with Crippen molar-refractivity contribution in [2.45, 2.75) is 19.6 Å². The van der Waals surface area contributed by atoms with E-state index < -0.39 is 12.1 Å². The predicted octanol–water partition coefficient (Wildman–Crippen LogP) is 3.50. The average Bonchev–Trinajstić information content (AvgIpc) is 2.69. The number of esters is 1. The molecule has 0 fully saturated rings. The highest BCUT2D eigenvalue weighted by atomic mass is 35.5. The zero-order valence-corrected chi connectivity index (χ0v) is 16.1. The minimum absolute atomic E-state index is 0.0545. The van der Waals surface area contributed by atoms with E-state index in [9.17, 15) is 9.18 Å². The molecule has 29 heavy (non-hydrogen) atoms. The summed E-state index contributed by atoms with van der Waals surface area (Å²) >= 11 is 5.81. The van der Waals surface area contributed by atoms with Crippen molar-refractivity contribution in [3.8, 4) is 5.75 Å². The van der Waals surface area contributed by atoms with Gasteiger partial charge in [-0.3, -0.25) is 0 Å². The molecule has 0 radical (unpaired) electrons. The maximum Gasteiger partial charge on any atom is 0.347 e. The highest BCUT2D eigenvalue weighted by Gasteiger charge is 2.17. The van der Waals surface area contributed by atoms with Crippen LogP contribution in [0.15, 0.2) is 48.5 Å². The number of rotatable bonds is 7. The molecule has 0 saturated carbocycles. The molecule has 150 valence electrons. The maximum atomic E-state index is 13.0. The van der Waals surface area contributed by atoms with Crippen LogP contribution < -0.4 is 15.8 Å². The number of nitrogens with zero attached hydrogens (tertiary/aromatic N) is 3. The molecule has 0 bridgehead atoms. The van der Waals surface area contributed by atoms with E-state index in [-0.39, 0.29) is 30.1 Å². The van der Waals surface area contributed by atoms with Crippen molar-refractivity contribution in [3.63, 3.8) is 0 Å². The van der Waals surface area contributed by atoms with Gasteiger partial charge in [-0.15, -0.1) is 0 Å². The molecule has 2 aromatic carbocycles. The highest BCUT2D eigenvalue weighted by molar-refractivity contribution is 6.30. The third kappa shape index (κ3) is 6.01. The summed E-state index contributed by atoms with van der Waals surface area (Å²) in [7, 11) is 0. The summed E-state index contributed by atoms with van der Waals surface area (Å²) in [5.74, 6) is -0.259. The van der Waals surface area contributed by atoms with Crippen LogP contribution in [0.5, 0.6) is 5.75 Å². The van der Waals surface area contributed by atoms with Crippen LogP contribution in [-0.4, -0.2) is 27.0 Å². The number of nitrogen functional groups attached to an aromatic ring is 1. The minimum atomic E-state index is -0.854. The molecule has 3 aromatic rings. The van der Waals surface area contributed by atoms with Crippen LogP contribution >= 0.6 is 11.6 Å². The number of hydrogen-bond donors (Lipinski definition) is 2. The Hall–Kier alpha value is -3.46. The van der Waals surface area contributed by atoms with Crippen molar-refractivity contribution in [1.29, 1.82) is 0 Å². The summed E-state index contributed by atoms with van der Waals surface area (Å²) in [4.78, 5) is 24.2. The smallest absolute Gasteiger partial charge is 0.347 e. The lowest BCUT2D eigenvalue weighted by Gasteiger charge is -2.14. The van der Waals surface area contributed by atoms with Gasteiger partial charge in [0.1, 0.15) is 11.6 Å². The molecule has 0 aliphatic rings. The second-order valence-electron chi connectivity index (χ2n) is 5.89. The number of aromatic nitrogens is 3. The fourth-order valence-electron chi connectivity index (χ4n) is 2.24. The number of anilines is 3. The van der Waals surface area contributed by atoms with Gasteiger partial charge in [0.25, 0.3) is 0 Å². The average molecular weight is 418 g/mol. The Labute approximate surface area is 170 Å². The van der Waals surface area contributed by atoms with Crippen LogP contribution in [-0.2, 0) is 16.1 Å². The molecule has 3 rings (SSSR count). The number of ether oxygens (including phenoxy) is 2. The van der Waals surface area contributed by atoms with Crippen molar-refractivity contribution in [3.05, 3.63) is 65.2 Å². The monoisotopic (exact) mass is 417 g/mol.